The number of nitro groups is 1. The van der Waals surface area contributed by atoms with Crippen LogP contribution in [0.3, 0.4) is 0 Å². The number of benzene rings is 1. The lowest BCUT2D eigenvalue weighted by Gasteiger charge is -2.12. The molecule has 1 heterocycles. The topological polar surface area (TPSA) is 104 Å². The molecule has 7 heteroatoms. The molecule has 0 radical (unpaired) electrons. The van der Waals surface area contributed by atoms with E-state index in [-0.39, 0.29) is 17.5 Å². The largest absolute Gasteiger partial charge is 0.487 e. The third-order valence-electron chi connectivity index (χ3n) is 2.54. The van der Waals surface area contributed by atoms with Gasteiger partial charge in [0.2, 0.25) is 0 Å². The van der Waals surface area contributed by atoms with Crippen molar-refractivity contribution in [3.63, 3.8) is 0 Å². The number of nitro benzene ring substituents is 1. The monoisotopic (exact) mass is 274 g/mol. The van der Waals surface area contributed by atoms with Crippen LogP contribution in [0.15, 0.2) is 30.7 Å². The van der Waals surface area contributed by atoms with Gasteiger partial charge >= 0.3 is 0 Å². The molecule has 0 saturated carbocycles. The summed E-state index contributed by atoms with van der Waals surface area (Å²) in [6, 6.07) is 4.53. The smallest absolute Gasteiger partial charge is 0.292 e. The fourth-order valence-corrected chi connectivity index (χ4v) is 1.72. The zero-order valence-corrected chi connectivity index (χ0v) is 11.1. The van der Waals surface area contributed by atoms with Gasteiger partial charge in [-0.25, -0.2) is 9.97 Å². The van der Waals surface area contributed by atoms with Crippen LogP contribution in [0.4, 0.5) is 11.4 Å². The molecule has 0 fully saturated rings. The minimum Gasteiger partial charge on any atom is -0.487 e. The Morgan fingerprint density at radius 1 is 1.40 bits per heavy atom. The molecule has 0 unspecified atom stereocenters. The highest BCUT2D eigenvalue weighted by Gasteiger charge is 2.16. The minimum absolute atomic E-state index is 0.0523. The van der Waals surface area contributed by atoms with Crippen molar-refractivity contribution in [3.8, 4) is 17.0 Å². The van der Waals surface area contributed by atoms with Crippen LogP contribution in [0, 0.1) is 10.1 Å². The summed E-state index contributed by atoms with van der Waals surface area (Å²) in [5.74, 6) is 0.474. The number of anilines is 1. The predicted molar refractivity (Wildman–Crippen MR) is 74.3 cm³/mol. The average Bonchev–Trinajstić information content (AvgIpc) is 2.39. The summed E-state index contributed by atoms with van der Waals surface area (Å²) < 4.78 is 5.60. The summed E-state index contributed by atoms with van der Waals surface area (Å²) >= 11 is 0. The van der Waals surface area contributed by atoms with Crippen molar-refractivity contribution in [2.45, 2.75) is 20.0 Å². The highest BCUT2D eigenvalue weighted by molar-refractivity contribution is 5.73. The van der Waals surface area contributed by atoms with Crippen molar-refractivity contribution in [2.24, 2.45) is 0 Å². The van der Waals surface area contributed by atoms with Crippen LogP contribution in [0.25, 0.3) is 11.3 Å². The molecule has 2 aromatic rings. The number of nitrogens with two attached hydrogens (primary N) is 1. The molecule has 0 aliphatic heterocycles. The fourth-order valence-electron chi connectivity index (χ4n) is 1.72. The zero-order valence-electron chi connectivity index (χ0n) is 11.1. The van der Waals surface area contributed by atoms with Crippen LogP contribution in [-0.4, -0.2) is 21.0 Å². The highest BCUT2D eigenvalue weighted by Crippen LogP contribution is 2.32. The van der Waals surface area contributed by atoms with E-state index in [1.165, 1.54) is 24.7 Å². The van der Waals surface area contributed by atoms with Gasteiger partial charge in [-0.3, -0.25) is 10.1 Å². The van der Waals surface area contributed by atoms with E-state index >= 15 is 0 Å². The Balaban J connectivity index is 2.51. The second-order valence-electron chi connectivity index (χ2n) is 4.43. The number of hydrogen-bond donors (Lipinski definition) is 1. The van der Waals surface area contributed by atoms with Crippen LogP contribution < -0.4 is 10.5 Å². The average molecular weight is 274 g/mol. The lowest BCUT2D eigenvalue weighted by atomic mass is 10.1. The standard InChI is InChI=1S/C13H14N4O3/c1-8(2)20-12-6-15-7-16-13(12)9-3-4-10(14)11(5-9)17(18)19/h3-8H,14H2,1-2H3. The number of aromatic nitrogens is 2. The van der Waals surface area contributed by atoms with Gasteiger partial charge in [0, 0.05) is 11.6 Å². The van der Waals surface area contributed by atoms with Gasteiger partial charge in [-0.05, 0) is 19.9 Å². The van der Waals surface area contributed by atoms with Crippen molar-refractivity contribution in [1.82, 2.24) is 9.97 Å². The van der Waals surface area contributed by atoms with Gasteiger partial charge in [-0.1, -0.05) is 6.07 Å². The van der Waals surface area contributed by atoms with Gasteiger partial charge in [0.25, 0.3) is 5.69 Å². The van der Waals surface area contributed by atoms with E-state index in [1.54, 1.807) is 6.07 Å². The SMILES string of the molecule is CC(C)Oc1cncnc1-c1ccc(N)c([N+](=O)[O-])c1. The van der Waals surface area contributed by atoms with Gasteiger partial charge < -0.3 is 10.5 Å². The van der Waals surface area contributed by atoms with Crippen molar-refractivity contribution in [3.05, 3.63) is 40.8 Å². The molecule has 7 nitrogen and oxygen atoms in total. The van der Waals surface area contributed by atoms with Crippen molar-refractivity contribution < 1.29 is 9.66 Å². The molecular formula is C13H14N4O3. The summed E-state index contributed by atoms with van der Waals surface area (Å²) in [6.45, 7) is 3.75. The lowest BCUT2D eigenvalue weighted by molar-refractivity contribution is -0.383. The van der Waals surface area contributed by atoms with Crippen LogP contribution in [0.5, 0.6) is 5.75 Å². The third kappa shape index (κ3) is 2.82. The molecule has 2 N–H and O–H groups in total. The number of ether oxygens (including phenoxy) is 1. The molecule has 1 aromatic carbocycles. The Bertz CT molecular complexity index is 643. The molecule has 0 atom stereocenters. The quantitative estimate of drug-likeness (QED) is 0.521. The summed E-state index contributed by atoms with van der Waals surface area (Å²) in [6.07, 6.45) is 2.85. The summed E-state index contributed by atoms with van der Waals surface area (Å²) in [5.41, 5.74) is 6.59. The Morgan fingerprint density at radius 2 is 2.15 bits per heavy atom. The molecule has 0 bridgehead atoms. The normalized spacial score (nSPS) is 10.6. The molecular weight excluding hydrogens is 260 g/mol. The molecule has 2 rings (SSSR count). The van der Waals surface area contributed by atoms with Crippen molar-refractivity contribution in [2.75, 3.05) is 5.73 Å². The molecule has 0 spiro atoms. The van der Waals surface area contributed by atoms with E-state index < -0.39 is 4.92 Å². The van der Waals surface area contributed by atoms with Crippen molar-refractivity contribution in [1.29, 1.82) is 0 Å². The highest BCUT2D eigenvalue weighted by atomic mass is 16.6. The maximum atomic E-state index is 10.9. The van der Waals surface area contributed by atoms with Gasteiger partial charge in [0.1, 0.15) is 17.7 Å². The first-order chi connectivity index (χ1) is 9.49. The van der Waals surface area contributed by atoms with Crippen molar-refractivity contribution >= 4 is 11.4 Å². The number of hydrogen-bond acceptors (Lipinski definition) is 6. The van der Waals surface area contributed by atoms with E-state index in [1.807, 2.05) is 13.8 Å². The molecule has 0 aliphatic carbocycles. The fraction of sp³-hybridized carbons (Fsp3) is 0.231. The second kappa shape index (κ2) is 5.52. The summed E-state index contributed by atoms with van der Waals surface area (Å²) in [5, 5.41) is 10.9. The Hall–Kier alpha value is -2.70. The van der Waals surface area contributed by atoms with E-state index in [2.05, 4.69) is 9.97 Å². The molecule has 1 aromatic heterocycles. The van der Waals surface area contributed by atoms with E-state index in [9.17, 15) is 10.1 Å². The van der Waals surface area contributed by atoms with Gasteiger partial charge in [0.05, 0.1) is 17.2 Å². The van der Waals surface area contributed by atoms with Gasteiger partial charge in [-0.2, -0.15) is 0 Å². The molecule has 0 aliphatic rings. The van der Waals surface area contributed by atoms with E-state index in [4.69, 9.17) is 10.5 Å². The Morgan fingerprint density at radius 3 is 2.80 bits per heavy atom. The molecule has 0 saturated heterocycles. The first kappa shape index (κ1) is 13.7. The molecule has 20 heavy (non-hydrogen) atoms. The number of nitrogens with zero attached hydrogens (tertiary/aromatic N) is 3. The zero-order chi connectivity index (χ0) is 14.7. The maximum absolute atomic E-state index is 10.9. The van der Waals surface area contributed by atoms with Crippen LogP contribution >= 0.6 is 0 Å². The van der Waals surface area contributed by atoms with E-state index in [0.717, 1.165) is 0 Å². The summed E-state index contributed by atoms with van der Waals surface area (Å²) in [4.78, 5) is 18.4. The molecule has 104 valence electrons. The number of nitrogen functional groups attached to an aromatic ring is 1. The lowest BCUT2D eigenvalue weighted by Crippen LogP contribution is -2.07. The Labute approximate surface area is 115 Å². The van der Waals surface area contributed by atoms with Crippen LogP contribution in [0.2, 0.25) is 0 Å². The first-order valence-corrected chi connectivity index (χ1v) is 6.00. The summed E-state index contributed by atoms with van der Waals surface area (Å²) in [7, 11) is 0. The maximum Gasteiger partial charge on any atom is 0.292 e. The second-order valence-corrected chi connectivity index (χ2v) is 4.43. The van der Waals surface area contributed by atoms with E-state index in [0.29, 0.717) is 17.0 Å². The molecule has 0 amide bonds. The van der Waals surface area contributed by atoms with Gasteiger partial charge in [-0.15, -0.1) is 0 Å². The third-order valence-corrected chi connectivity index (χ3v) is 2.54. The van der Waals surface area contributed by atoms with Crippen LogP contribution in [-0.2, 0) is 0 Å². The van der Waals surface area contributed by atoms with Gasteiger partial charge in [0.15, 0.2) is 5.75 Å². The minimum atomic E-state index is -0.525. The van der Waals surface area contributed by atoms with Crippen LogP contribution in [0.1, 0.15) is 13.8 Å². The first-order valence-electron chi connectivity index (χ1n) is 6.00. The Kier molecular flexibility index (Phi) is 3.79. The predicted octanol–water partition coefficient (Wildman–Crippen LogP) is 2.42. The number of rotatable bonds is 4.